The van der Waals surface area contributed by atoms with E-state index in [-0.39, 0.29) is 24.8 Å². The average molecular weight is 471 g/mol. The Bertz CT molecular complexity index is 968. The Labute approximate surface area is 201 Å². The quantitative estimate of drug-likeness (QED) is 0.319. The standard InChI is InChI=1S/C27H34O7/c1-19(28)26-21(14-22(30-5)15-24(26)32-18-29-4)12-9-13-23-25(34-27(2,3)33-23)17-31-16-20-10-7-6-8-11-20/h6-12,14-15,23,25H,13,16-18H2,1-5H3/b12-9+/t23-,25+/m0/s1. The molecule has 184 valence electrons. The van der Waals surface area contributed by atoms with E-state index in [0.717, 1.165) is 5.56 Å². The molecule has 7 heteroatoms. The highest BCUT2D eigenvalue weighted by Crippen LogP contribution is 2.33. The Morgan fingerprint density at radius 3 is 2.50 bits per heavy atom. The molecule has 1 aliphatic rings. The summed E-state index contributed by atoms with van der Waals surface area (Å²) in [4.78, 5) is 12.4. The lowest BCUT2D eigenvalue weighted by atomic mass is 10.0. The normalized spacial score (nSPS) is 19.4. The zero-order valence-electron chi connectivity index (χ0n) is 20.5. The van der Waals surface area contributed by atoms with Crippen molar-refractivity contribution < 1.29 is 33.2 Å². The van der Waals surface area contributed by atoms with E-state index in [0.29, 0.717) is 42.3 Å². The number of hydrogen-bond acceptors (Lipinski definition) is 7. The van der Waals surface area contributed by atoms with Gasteiger partial charge in [-0.1, -0.05) is 42.5 Å². The summed E-state index contributed by atoms with van der Waals surface area (Å²) in [5.41, 5.74) is 2.28. The van der Waals surface area contributed by atoms with Crippen LogP contribution < -0.4 is 9.47 Å². The van der Waals surface area contributed by atoms with Crippen LogP contribution >= 0.6 is 0 Å². The van der Waals surface area contributed by atoms with Crippen LogP contribution in [0.4, 0.5) is 0 Å². The van der Waals surface area contributed by atoms with Crippen molar-refractivity contribution in [2.45, 2.75) is 51.8 Å². The van der Waals surface area contributed by atoms with Crippen molar-refractivity contribution in [2.75, 3.05) is 27.6 Å². The van der Waals surface area contributed by atoms with Crippen molar-refractivity contribution in [3.05, 3.63) is 65.2 Å². The van der Waals surface area contributed by atoms with Gasteiger partial charge in [-0.05, 0) is 44.4 Å². The van der Waals surface area contributed by atoms with E-state index in [2.05, 4.69) is 0 Å². The van der Waals surface area contributed by atoms with E-state index >= 15 is 0 Å². The first-order valence-corrected chi connectivity index (χ1v) is 11.3. The zero-order valence-corrected chi connectivity index (χ0v) is 20.5. The van der Waals surface area contributed by atoms with Gasteiger partial charge in [-0.2, -0.15) is 0 Å². The minimum Gasteiger partial charge on any atom is -0.497 e. The first-order valence-electron chi connectivity index (χ1n) is 11.3. The maximum absolute atomic E-state index is 12.4. The van der Waals surface area contributed by atoms with Crippen LogP contribution in [-0.4, -0.2) is 51.4 Å². The third kappa shape index (κ3) is 7.14. The predicted octanol–water partition coefficient (Wildman–Crippen LogP) is 5.02. The molecule has 0 aromatic heterocycles. The molecular weight excluding hydrogens is 436 g/mol. The minimum atomic E-state index is -0.693. The number of ketones is 1. The minimum absolute atomic E-state index is 0.0313. The second kappa shape index (κ2) is 12.1. The summed E-state index contributed by atoms with van der Waals surface area (Å²) in [6.45, 7) is 6.27. The van der Waals surface area contributed by atoms with E-state index in [1.807, 2.05) is 62.4 Å². The van der Waals surface area contributed by atoms with Gasteiger partial charge in [-0.3, -0.25) is 4.79 Å². The molecular formula is C27H34O7. The number of ether oxygens (including phenoxy) is 6. The number of methoxy groups -OCH3 is 2. The Morgan fingerprint density at radius 2 is 1.82 bits per heavy atom. The molecule has 0 spiro atoms. The van der Waals surface area contributed by atoms with Crippen molar-refractivity contribution in [3.63, 3.8) is 0 Å². The third-order valence-electron chi connectivity index (χ3n) is 5.37. The molecule has 0 saturated carbocycles. The molecule has 0 radical (unpaired) electrons. The first-order chi connectivity index (χ1) is 16.3. The maximum atomic E-state index is 12.4. The summed E-state index contributed by atoms with van der Waals surface area (Å²) in [7, 11) is 3.10. The molecule has 0 bridgehead atoms. The van der Waals surface area contributed by atoms with E-state index in [1.54, 1.807) is 13.2 Å². The van der Waals surface area contributed by atoms with Gasteiger partial charge >= 0.3 is 0 Å². The van der Waals surface area contributed by atoms with E-state index in [9.17, 15) is 4.79 Å². The van der Waals surface area contributed by atoms with Gasteiger partial charge in [0, 0.05) is 13.2 Å². The predicted molar refractivity (Wildman–Crippen MR) is 129 cm³/mol. The molecule has 2 aromatic carbocycles. The number of benzene rings is 2. The molecule has 34 heavy (non-hydrogen) atoms. The number of Topliss-reactive ketones (excluding diaryl/α,β-unsaturated/α-hetero) is 1. The lowest BCUT2D eigenvalue weighted by Crippen LogP contribution is -2.27. The molecule has 2 aromatic rings. The molecule has 0 N–H and O–H groups in total. The smallest absolute Gasteiger partial charge is 0.188 e. The second-order valence-corrected chi connectivity index (χ2v) is 8.55. The zero-order chi connectivity index (χ0) is 24.6. The molecule has 1 aliphatic heterocycles. The van der Waals surface area contributed by atoms with Crippen LogP contribution in [-0.2, 0) is 25.6 Å². The highest BCUT2D eigenvalue weighted by molar-refractivity contribution is 6.00. The van der Waals surface area contributed by atoms with Gasteiger partial charge in [-0.15, -0.1) is 0 Å². The summed E-state index contributed by atoms with van der Waals surface area (Å²) in [5.74, 6) is 0.204. The van der Waals surface area contributed by atoms with Gasteiger partial charge in [0.25, 0.3) is 0 Å². The SMILES string of the molecule is COCOc1cc(OC)cc(/C=C/C[C@@H]2OC(C)(C)O[C@@H]2COCc2ccccc2)c1C(C)=O. The topological polar surface area (TPSA) is 72.5 Å². The van der Waals surface area contributed by atoms with Crippen molar-refractivity contribution >= 4 is 11.9 Å². The summed E-state index contributed by atoms with van der Waals surface area (Å²) in [5, 5.41) is 0. The molecule has 1 heterocycles. The Hall–Kier alpha value is -2.71. The van der Waals surface area contributed by atoms with Crippen LogP contribution in [0.3, 0.4) is 0 Å². The average Bonchev–Trinajstić information content (AvgIpc) is 3.10. The highest BCUT2D eigenvalue weighted by atomic mass is 16.8. The Morgan fingerprint density at radius 1 is 1.09 bits per heavy atom. The van der Waals surface area contributed by atoms with Crippen LogP contribution in [0, 0.1) is 0 Å². The summed E-state index contributed by atoms with van der Waals surface area (Å²) >= 11 is 0. The largest absolute Gasteiger partial charge is 0.497 e. The van der Waals surface area contributed by atoms with Gasteiger partial charge in [-0.25, -0.2) is 0 Å². The molecule has 1 saturated heterocycles. The van der Waals surface area contributed by atoms with Crippen molar-refractivity contribution in [1.82, 2.24) is 0 Å². The monoisotopic (exact) mass is 470 g/mol. The van der Waals surface area contributed by atoms with Crippen LogP contribution in [0.25, 0.3) is 6.08 Å². The van der Waals surface area contributed by atoms with E-state index < -0.39 is 5.79 Å². The fraction of sp³-hybridized carbons (Fsp3) is 0.444. The van der Waals surface area contributed by atoms with Gasteiger partial charge in [0.2, 0.25) is 0 Å². The summed E-state index contributed by atoms with van der Waals surface area (Å²) in [6.07, 6.45) is 4.06. The van der Waals surface area contributed by atoms with Gasteiger partial charge in [0.15, 0.2) is 18.4 Å². The molecule has 7 nitrogen and oxygen atoms in total. The fourth-order valence-electron chi connectivity index (χ4n) is 3.92. The second-order valence-electron chi connectivity index (χ2n) is 8.55. The third-order valence-corrected chi connectivity index (χ3v) is 5.37. The lowest BCUT2D eigenvalue weighted by molar-refractivity contribution is -0.151. The maximum Gasteiger partial charge on any atom is 0.188 e. The lowest BCUT2D eigenvalue weighted by Gasteiger charge is -2.16. The van der Waals surface area contributed by atoms with Crippen molar-refractivity contribution in [3.8, 4) is 11.5 Å². The van der Waals surface area contributed by atoms with E-state index in [4.69, 9.17) is 28.4 Å². The van der Waals surface area contributed by atoms with Crippen LogP contribution in [0.2, 0.25) is 0 Å². The number of hydrogen-bond donors (Lipinski definition) is 0. The molecule has 1 fully saturated rings. The molecule has 0 aliphatic carbocycles. The van der Waals surface area contributed by atoms with Gasteiger partial charge in [0.05, 0.1) is 32.0 Å². The summed E-state index contributed by atoms with van der Waals surface area (Å²) in [6, 6.07) is 13.5. The summed E-state index contributed by atoms with van der Waals surface area (Å²) < 4.78 is 34.1. The van der Waals surface area contributed by atoms with Crippen molar-refractivity contribution in [1.29, 1.82) is 0 Å². The van der Waals surface area contributed by atoms with Crippen LogP contribution in [0.15, 0.2) is 48.5 Å². The first kappa shape index (κ1) is 25.9. The Balaban J connectivity index is 1.70. The Kier molecular flexibility index (Phi) is 9.24. The van der Waals surface area contributed by atoms with Gasteiger partial charge < -0.3 is 28.4 Å². The highest BCUT2D eigenvalue weighted by Gasteiger charge is 2.40. The van der Waals surface area contributed by atoms with Crippen LogP contribution in [0.5, 0.6) is 11.5 Å². The number of carbonyl (C=O) groups excluding carboxylic acids is 1. The molecule has 2 atom stereocenters. The van der Waals surface area contributed by atoms with E-state index in [1.165, 1.54) is 14.0 Å². The van der Waals surface area contributed by atoms with Crippen molar-refractivity contribution in [2.24, 2.45) is 0 Å². The van der Waals surface area contributed by atoms with Crippen LogP contribution in [0.1, 0.15) is 48.7 Å². The number of rotatable bonds is 12. The van der Waals surface area contributed by atoms with Gasteiger partial charge in [0.1, 0.15) is 17.6 Å². The fourth-order valence-corrected chi connectivity index (χ4v) is 3.92. The molecule has 0 amide bonds. The molecule has 0 unspecified atom stereocenters. The molecule has 3 rings (SSSR count). The number of carbonyl (C=O) groups is 1.